The first-order valence-corrected chi connectivity index (χ1v) is 8.39. The van der Waals surface area contributed by atoms with Crippen LogP contribution >= 0.6 is 15.9 Å². The van der Waals surface area contributed by atoms with E-state index >= 15 is 0 Å². The molecule has 1 saturated carbocycles. The Balaban J connectivity index is 1.89. The van der Waals surface area contributed by atoms with Crippen LogP contribution in [0.15, 0.2) is 22.7 Å². The van der Waals surface area contributed by atoms with E-state index in [1.807, 2.05) is 11.9 Å². The normalized spacial score (nSPS) is 14.0. The Hall–Kier alpha value is -1.07. The van der Waals surface area contributed by atoms with Crippen molar-refractivity contribution in [2.75, 3.05) is 25.0 Å². The molecule has 1 aromatic rings. The average molecular weight is 354 g/mol. The Bertz CT molecular complexity index is 488. The summed E-state index contributed by atoms with van der Waals surface area (Å²) in [7, 11) is 1.94. The van der Waals surface area contributed by atoms with E-state index in [2.05, 4.69) is 51.7 Å². The number of carbonyl (C=O) groups is 1. The smallest absolute Gasteiger partial charge is 0.239 e. The van der Waals surface area contributed by atoms with E-state index in [-0.39, 0.29) is 5.91 Å². The molecule has 5 heteroatoms. The van der Waals surface area contributed by atoms with Gasteiger partial charge in [0.05, 0.1) is 6.54 Å². The maximum Gasteiger partial charge on any atom is 0.239 e. The van der Waals surface area contributed by atoms with Gasteiger partial charge in [-0.2, -0.15) is 0 Å². The van der Waals surface area contributed by atoms with Crippen LogP contribution in [0.4, 0.5) is 5.69 Å². The molecular weight excluding hydrogens is 330 g/mol. The van der Waals surface area contributed by atoms with Gasteiger partial charge in [0.25, 0.3) is 0 Å². The second-order valence-electron chi connectivity index (χ2n) is 5.64. The molecule has 0 unspecified atom stereocenters. The van der Waals surface area contributed by atoms with E-state index in [9.17, 15) is 4.79 Å². The van der Waals surface area contributed by atoms with Crippen LogP contribution in [-0.4, -0.2) is 32.1 Å². The van der Waals surface area contributed by atoms with E-state index in [4.69, 9.17) is 0 Å². The summed E-state index contributed by atoms with van der Waals surface area (Å²) >= 11 is 3.63. The number of hydrogen-bond acceptors (Lipinski definition) is 3. The molecule has 0 saturated heterocycles. The highest BCUT2D eigenvalue weighted by Gasteiger charge is 2.20. The van der Waals surface area contributed by atoms with Crippen LogP contribution in [0.1, 0.15) is 31.7 Å². The lowest BCUT2D eigenvalue weighted by Gasteiger charge is -2.20. The summed E-state index contributed by atoms with van der Waals surface area (Å²) in [6.45, 7) is 4.07. The van der Waals surface area contributed by atoms with Gasteiger partial charge < -0.3 is 15.5 Å². The highest BCUT2D eigenvalue weighted by atomic mass is 79.9. The molecular formula is C16H24BrN3O. The van der Waals surface area contributed by atoms with Gasteiger partial charge in [0.15, 0.2) is 0 Å². The minimum atomic E-state index is 0.0648. The van der Waals surface area contributed by atoms with Crippen molar-refractivity contribution < 1.29 is 4.79 Å². The first kappa shape index (κ1) is 16.3. The van der Waals surface area contributed by atoms with Gasteiger partial charge in [-0.05, 0) is 37.0 Å². The van der Waals surface area contributed by atoms with Gasteiger partial charge >= 0.3 is 0 Å². The van der Waals surface area contributed by atoms with Crippen molar-refractivity contribution in [2.24, 2.45) is 0 Å². The maximum atomic E-state index is 11.7. The fourth-order valence-corrected chi connectivity index (χ4v) is 2.59. The van der Waals surface area contributed by atoms with E-state index in [0.29, 0.717) is 12.6 Å². The molecule has 0 aromatic heterocycles. The number of hydrogen-bond donors (Lipinski definition) is 2. The lowest BCUT2D eigenvalue weighted by Crippen LogP contribution is -2.35. The maximum absolute atomic E-state index is 11.7. The molecule has 4 nitrogen and oxygen atoms in total. The second-order valence-corrected chi connectivity index (χ2v) is 6.49. The Labute approximate surface area is 135 Å². The average Bonchev–Trinajstić information content (AvgIpc) is 3.27. The minimum absolute atomic E-state index is 0.0648. The monoisotopic (exact) mass is 353 g/mol. The van der Waals surface area contributed by atoms with Crippen molar-refractivity contribution in [3.63, 3.8) is 0 Å². The van der Waals surface area contributed by atoms with Gasteiger partial charge in [-0.15, -0.1) is 0 Å². The highest BCUT2D eigenvalue weighted by molar-refractivity contribution is 9.10. The zero-order valence-electron chi connectivity index (χ0n) is 12.8. The quantitative estimate of drug-likeness (QED) is 0.755. The largest absolute Gasteiger partial charge is 0.365 e. The molecule has 1 fully saturated rings. The van der Waals surface area contributed by atoms with Gasteiger partial charge in [0.1, 0.15) is 0 Å². The summed E-state index contributed by atoms with van der Waals surface area (Å²) in [4.78, 5) is 13.7. The van der Waals surface area contributed by atoms with Crippen molar-refractivity contribution >= 4 is 27.5 Å². The SMILES string of the molecule is CCCNC(=O)CN(C)c1ccc(CNC2CC2)c(Br)c1. The molecule has 1 aromatic carbocycles. The van der Waals surface area contributed by atoms with Crippen molar-refractivity contribution in [2.45, 2.75) is 38.8 Å². The third-order valence-electron chi connectivity index (χ3n) is 3.59. The third kappa shape index (κ3) is 5.32. The van der Waals surface area contributed by atoms with Crippen molar-refractivity contribution in [3.05, 3.63) is 28.2 Å². The molecule has 0 spiro atoms. The topological polar surface area (TPSA) is 44.4 Å². The second kappa shape index (κ2) is 7.80. The molecule has 116 valence electrons. The number of amides is 1. The van der Waals surface area contributed by atoms with E-state index < -0.39 is 0 Å². The lowest BCUT2D eigenvalue weighted by molar-refractivity contribution is -0.119. The Morgan fingerprint density at radius 3 is 2.81 bits per heavy atom. The molecule has 0 aliphatic heterocycles. The molecule has 2 rings (SSSR count). The molecule has 1 aliphatic rings. The Kier molecular flexibility index (Phi) is 6.06. The van der Waals surface area contributed by atoms with Gasteiger partial charge in [-0.25, -0.2) is 0 Å². The zero-order chi connectivity index (χ0) is 15.2. The predicted octanol–water partition coefficient (Wildman–Crippen LogP) is 2.66. The van der Waals surface area contributed by atoms with Crippen LogP contribution < -0.4 is 15.5 Å². The van der Waals surface area contributed by atoms with Crippen LogP contribution in [0.2, 0.25) is 0 Å². The lowest BCUT2D eigenvalue weighted by atomic mass is 10.2. The molecule has 1 amide bonds. The molecule has 1 aliphatic carbocycles. The molecule has 2 N–H and O–H groups in total. The van der Waals surface area contributed by atoms with Crippen molar-refractivity contribution in [3.8, 4) is 0 Å². The van der Waals surface area contributed by atoms with Crippen LogP contribution in [0.5, 0.6) is 0 Å². The number of nitrogens with one attached hydrogen (secondary N) is 2. The standard InChI is InChI=1S/C16H24BrN3O/c1-3-8-18-16(21)11-20(2)14-7-4-12(15(17)9-14)10-19-13-5-6-13/h4,7,9,13,19H,3,5-6,8,10-11H2,1-2H3,(H,18,21). The van der Waals surface area contributed by atoms with Crippen LogP contribution in [0, 0.1) is 0 Å². The van der Waals surface area contributed by atoms with Gasteiger partial charge in [0.2, 0.25) is 5.91 Å². The fourth-order valence-electron chi connectivity index (χ4n) is 2.09. The number of benzene rings is 1. The Morgan fingerprint density at radius 1 is 1.43 bits per heavy atom. The third-order valence-corrected chi connectivity index (χ3v) is 4.33. The summed E-state index contributed by atoms with van der Waals surface area (Å²) < 4.78 is 1.09. The predicted molar refractivity (Wildman–Crippen MR) is 90.6 cm³/mol. The van der Waals surface area contributed by atoms with Crippen LogP contribution in [-0.2, 0) is 11.3 Å². The van der Waals surface area contributed by atoms with Gasteiger partial charge in [-0.3, -0.25) is 4.79 Å². The molecule has 0 atom stereocenters. The van der Waals surface area contributed by atoms with E-state index in [0.717, 1.165) is 29.7 Å². The number of nitrogens with zero attached hydrogens (tertiary/aromatic N) is 1. The van der Waals surface area contributed by atoms with E-state index in [1.165, 1.54) is 18.4 Å². The van der Waals surface area contributed by atoms with Crippen LogP contribution in [0.3, 0.4) is 0 Å². The molecule has 0 heterocycles. The summed E-state index contributed by atoms with van der Waals surface area (Å²) in [5.41, 5.74) is 2.30. The summed E-state index contributed by atoms with van der Waals surface area (Å²) in [6, 6.07) is 6.98. The minimum Gasteiger partial charge on any atom is -0.365 e. The number of carbonyl (C=O) groups excluding carboxylic acids is 1. The van der Waals surface area contributed by atoms with Gasteiger partial charge in [0, 0.05) is 36.3 Å². The number of rotatable bonds is 8. The first-order valence-electron chi connectivity index (χ1n) is 7.59. The van der Waals surface area contributed by atoms with Crippen molar-refractivity contribution in [1.29, 1.82) is 0 Å². The molecule has 0 radical (unpaired) electrons. The number of anilines is 1. The Morgan fingerprint density at radius 2 is 2.19 bits per heavy atom. The van der Waals surface area contributed by atoms with Gasteiger partial charge in [-0.1, -0.05) is 28.9 Å². The molecule has 0 bridgehead atoms. The fraction of sp³-hybridized carbons (Fsp3) is 0.562. The number of halogens is 1. The zero-order valence-corrected chi connectivity index (χ0v) is 14.4. The van der Waals surface area contributed by atoms with Crippen LogP contribution in [0.25, 0.3) is 0 Å². The van der Waals surface area contributed by atoms with Crippen molar-refractivity contribution in [1.82, 2.24) is 10.6 Å². The molecule has 21 heavy (non-hydrogen) atoms. The summed E-state index contributed by atoms with van der Waals surface area (Å²) in [5.74, 6) is 0.0648. The first-order chi connectivity index (χ1) is 10.1. The summed E-state index contributed by atoms with van der Waals surface area (Å²) in [6.07, 6.45) is 3.56. The number of likely N-dealkylation sites (N-methyl/N-ethyl adjacent to an activating group) is 1. The van der Waals surface area contributed by atoms with E-state index in [1.54, 1.807) is 0 Å². The highest BCUT2D eigenvalue weighted by Crippen LogP contribution is 2.25. The summed E-state index contributed by atoms with van der Waals surface area (Å²) in [5, 5.41) is 6.41.